The molecule has 0 spiro atoms. The molecule has 1 aromatic rings. The van der Waals surface area contributed by atoms with Crippen LogP contribution in [0.25, 0.3) is 0 Å². The predicted octanol–water partition coefficient (Wildman–Crippen LogP) is 1.53. The molecule has 0 unspecified atom stereocenters. The Labute approximate surface area is 143 Å². The van der Waals surface area contributed by atoms with E-state index in [1.165, 1.54) is 12.8 Å². The second-order valence-corrected chi connectivity index (χ2v) is 6.61. The van der Waals surface area contributed by atoms with Crippen LogP contribution in [-0.4, -0.2) is 65.4 Å². The molecule has 1 saturated heterocycles. The van der Waals surface area contributed by atoms with E-state index < -0.39 is 0 Å². The average molecular weight is 330 g/mol. The number of nitrogens with zero attached hydrogens (tertiary/aromatic N) is 3. The number of amides is 2. The molecule has 130 valence electrons. The molecular weight excluding hydrogens is 304 g/mol. The second-order valence-electron chi connectivity index (χ2n) is 6.61. The highest BCUT2D eigenvalue weighted by Crippen LogP contribution is 2.18. The van der Waals surface area contributed by atoms with Gasteiger partial charge in [-0.2, -0.15) is 0 Å². The van der Waals surface area contributed by atoms with Gasteiger partial charge in [-0.3, -0.25) is 14.6 Å². The van der Waals surface area contributed by atoms with E-state index in [9.17, 15) is 9.59 Å². The monoisotopic (exact) mass is 330 g/mol. The maximum atomic E-state index is 12.7. The molecule has 1 aliphatic carbocycles. The Balaban J connectivity index is 1.63. The van der Waals surface area contributed by atoms with Gasteiger partial charge in [-0.05, 0) is 31.5 Å². The fourth-order valence-electron chi connectivity index (χ4n) is 3.47. The van der Waals surface area contributed by atoms with Crippen molar-refractivity contribution in [3.63, 3.8) is 0 Å². The molecule has 1 aromatic heterocycles. The average Bonchev–Trinajstić information content (AvgIpc) is 3.14. The summed E-state index contributed by atoms with van der Waals surface area (Å²) in [5, 5.41) is 3.02. The van der Waals surface area contributed by atoms with Crippen LogP contribution in [-0.2, 0) is 0 Å². The van der Waals surface area contributed by atoms with Crippen LogP contribution in [0.2, 0.25) is 0 Å². The molecule has 0 radical (unpaired) electrons. The number of carbonyl (C=O) groups is 2. The lowest BCUT2D eigenvalue weighted by Gasteiger charge is -2.34. The molecule has 2 amide bonds. The Morgan fingerprint density at radius 2 is 1.92 bits per heavy atom. The summed E-state index contributed by atoms with van der Waals surface area (Å²) in [4.78, 5) is 33.3. The fourth-order valence-corrected chi connectivity index (χ4v) is 3.47. The van der Waals surface area contributed by atoms with Gasteiger partial charge in [0.05, 0.1) is 0 Å². The second kappa shape index (κ2) is 7.75. The van der Waals surface area contributed by atoms with Crippen LogP contribution in [0, 0.1) is 0 Å². The summed E-state index contributed by atoms with van der Waals surface area (Å²) in [5.74, 6) is -0.185. The number of nitrogens with one attached hydrogen (secondary N) is 1. The summed E-state index contributed by atoms with van der Waals surface area (Å²) in [6.45, 7) is 6.43. The first-order chi connectivity index (χ1) is 11.7. The van der Waals surface area contributed by atoms with Gasteiger partial charge in [-0.25, -0.2) is 0 Å². The highest BCUT2D eigenvalue weighted by molar-refractivity contribution is 5.98. The third kappa shape index (κ3) is 3.93. The van der Waals surface area contributed by atoms with Gasteiger partial charge in [0, 0.05) is 44.0 Å². The van der Waals surface area contributed by atoms with Crippen LogP contribution in [0.15, 0.2) is 18.3 Å². The first-order valence-corrected chi connectivity index (χ1v) is 8.96. The number of likely N-dealkylation sites (N-methyl/N-ethyl adjacent to an activating group) is 1. The summed E-state index contributed by atoms with van der Waals surface area (Å²) >= 11 is 0. The summed E-state index contributed by atoms with van der Waals surface area (Å²) < 4.78 is 0. The van der Waals surface area contributed by atoms with Crippen LogP contribution >= 0.6 is 0 Å². The van der Waals surface area contributed by atoms with Crippen molar-refractivity contribution in [3.8, 4) is 0 Å². The van der Waals surface area contributed by atoms with E-state index >= 15 is 0 Å². The Kier molecular flexibility index (Phi) is 5.45. The van der Waals surface area contributed by atoms with Gasteiger partial charge in [0.1, 0.15) is 5.69 Å². The van der Waals surface area contributed by atoms with E-state index in [1.807, 2.05) is 4.90 Å². The van der Waals surface area contributed by atoms with E-state index in [-0.39, 0.29) is 17.9 Å². The van der Waals surface area contributed by atoms with Crippen molar-refractivity contribution < 1.29 is 9.59 Å². The predicted molar refractivity (Wildman–Crippen MR) is 92.0 cm³/mol. The SMILES string of the molecule is CCN1CCN(C(=O)c2ccnc(C(=O)NC3CCCC3)c2)CC1. The van der Waals surface area contributed by atoms with Crippen molar-refractivity contribution in [1.82, 2.24) is 20.1 Å². The minimum Gasteiger partial charge on any atom is -0.348 e. The Morgan fingerprint density at radius 1 is 1.21 bits per heavy atom. The van der Waals surface area contributed by atoms with Crippen molar-refractivity contribution in [2.45, 2.75) is 38.6 Å². The minimum absolute atomic E-state index is 0.0110. The highest BCUT2D eigenvalue weighted by Gasteiger charge is 2.23. The largest absolute Gasteiger partial charge is 0.348 e. The molecule has 2 fully saturated rings. The van der Waals surface area contributed by atoms with E-state index in [1.54, 1.807) is 18.3 Å². The molecule has 3 rings (SSSR count). The van der Waals surface area contributed by atoms with Gasteiger partial charge >= 0.3 is 0 Å². The Hall–Kier alpha value is -1.95. The summed E-state index contributed by atoms with van der Waals surface area (Å²) in [7, 11) is 0. The molecule has 6 nitrogen and oxygen atoms in total. The van der Waals surface area contributed by atoms with Crippen molar-refractivity contribution in [2.75, 3.05) is 32.7 Å². The van der Waals surface area contributed by atoms with Crippen LogP contribution in [0.5, 0.6) is 0 Å². The van der Waals surface area contributed by atoms with Gasteiger partial charge in [-0.15, -0.1) is 0 Å². The number of pyridine rings is 1. The number of rotatable bonds is 4. The molecule has 24 heavy (non-hydrogen) atoms. The van der Waals surface area contributed by atoms with Gasteiger partial charge in [0.15, 0.2) is 0 Å². The molecule has 0 bridgehead atoms. The quantitative estimate of drug-likeness (QED) is 0.909. The lowest BCUT2D eigenvalue weighted by molar-refractivity contribution is 0.0643. The molecule has 1 N–H and O–H groups in total. The molecule has 2 heterocycles. The molecular formula is C18H26N4O2. The van der Waals surface area contributed by atoms with Crippen LogP contribution in [0.3, 0.4) is 0 Å². The molecule has 1 saturated carbocycles. The van der Waals surface area contributed by atoms with E-state index in [0.29, 0.717) is 11.3 Å². The van der Waals surface area contributed by atoms with Gasteiger partial charge in [-0.1, -0.05) is 19.8 Å². The zero-order chi connectivity index (χ0) is 16.9. The number of hydrogen-bond acceptors (Lipinski definition) is 4. The topological polar surface area (TPSA) is 65.5 Å². The standard InChI is InChI=1S/C18H26N4O2/c1-2-21-9-11-22(12-10-21)18(24)14-7-8-19-16(13-14)17(23)20-15-5-3-4-6-15/h7-8,13,15H,2-6,9-12H2,1H3,(H,20,23). The maximum absolute atomic E-state index is 12.7. The number of hydrogen-bond donors (Lipinski definition) is 1. The Bertz CT molecular complexity index is 590. The van der Waals surface area contributed by atoms with Crippen molar-refractivity contribution in [3.05, 3.63) is 29.6 Å². The molecule has 0 atom stereocenters. The van der Waals surface area contributed by atoms with E-state index in [2.05, 4.69) is 22.1 Å². The first kappa shape index (κ1) is 16.9. The minimum atomic E-state index is -0.174. The molecule has 2 aliphatic rings. The number of piperazine rings is 1. The maximum Gasteiger partial charge on any atom is 0.270 e. The van der Waals surface area contributed by atoms with Crippen molar-refractivity contribution >= 4 is 11.8 Å². The number of aromatic nitrogens is 1. The van der Waals surface area contributed by atoms with Crippen molar-refractivity contribution in [1.29, 1.82) is 0 Å². The van der Waals surface area contributed by atoms with Gasteiger partial charge in [0.25, 0.3) is 11.8 Å². The van der Waals surface area contributed by atoms with E-state index in [0.717, 1.165) is 45.6 Å². The number of carbonyl (C=O) groups excluding carboxylic acids is 2. The zero-order valence-electron chi connectivity index (χ0n) is 14.3. The molecule has 0 aromatic carbocycles. The lowest BCUT2D eigenvalue weighted by Crippen LogP contribution is -2.48. The first-order valence-electron chi connectivity index (χ1n) is 8.96. The fraction of sp³-hybridized carbons (Fsp3) is 0.611. The summed E-state index contributed by atoms with van der Waals surface area (Å²) in [5.41, 5.74) is 0.881. The van der Waals surface area contributed by atoms with Crippen LogP contribution in [0.4, 0.5) is 0 Å². The normalized spacial score (nSPS) is 19.5. The van der Waals surface area contributed by atoms with Crippen LogP contribution < -0.4 is 5.32 Å². The third-order valence-corrected chi connectivity index (χ3v) is 5.04. The summed E-state index contributed by atoms with van der Waals surface area (Å²) in [6.07, 6.45) is 5.96. The summed E-state index contributed by atoms with van der Waals surface area (Å²) in [6, 6.07) is 3.57. The van der Waals surface area contributed by atoms with Crippen molar-refractivity contribution in [2.24, 2.45) is 0 Å². The lowest BCUT2D eigenvalue weighted by atomic mass is 10.1. The third-order valence-electron chi connectivity index (χ3n) is 5.04. The molecule has 6 heteroatoms. The van der Waals surface area contributed by atoms with Gasteiger partial charge in [0.2, 0.25) is 0 Å². The zero-order valence-corrected chi connectivity index (χ0v) is 14.3. The van der Waals surface area contributed by atoms with E-state index in [4.69, 9.17) is 0 Å². The van der Waals surface area contributed by atoms with Crippen LogP contribution in [0.1, 0.15) is 53.5 Å². The molecule has 1 aliphatic heterocycles. The van der Waals surface area contributed by atoms with Gasteiger partial charge < -0.3 is 15.1 Å². The Morgan fingerprint density at radius 3 is 2.58 bits per heavy atom. The highest BCUT2D eigenvalue weighted by atomic mass is 16.2. The smallest absolute Gasteiger partial charge is 0.270 e.